The topological polar surface area (TPSA) is 46.9 Å². The lowest BCUT2D eigenvalue weighted by molar-refractivity contribution is -0.116. The summed E-state index contributed by atoms with van der Waals surface area (Å²) in [6.45, 7) is 0.500. The van der Waals surface area contributed by atoms with E-state index < -0.39 is 0 Å². The molecule has 0 fully saturated rings. The zero-order valence-electron chi connectivity index (χ0n) is 13.4. The van der Waals surface area contributed by atoms with E-state index in [1.165, 1.54) is 0 Å². The predicted molar refractivity (Wildman–Crippen MR) is 102 cm³/mol. The molecule has 1 amide bonds. The third-order valence-corrected chi connectivity index (χ3v) is 4.58. The van der Waals surface area contributed by atoms with Gasteiger partial charge in [-0.3, -0.25) is 9.48 Å². The highest BCUT2D eigenvalue weighted by Crippen LogP contribution is 2.24. The van der Waals surface area contributed by atoms with Gasteiger partial charge in [-0.25, -0.2) is 0 Å². The Bertz CT molecular complexity index is 1070. The van der Waals surface area contributed by atoms with E-state index in [-0.39, 0.29) is 5.91 Å². The zero-order valence-corrected chi connectivity index (χ0v) is 14.2. The number of nitrogens with one attached hydrogen (secondary N) is 1. The van der Waals surface area contributed by atoms with E-state index in [0.29, 0.717) is 18.0 Å². The zero-order chi connectivity index (χ0) is 17.2. The van der Waals surface area contributed by atoms with Crippen molar-refractivity contribution in [3.63, 3.8) is 0 Å². The number of halogens is 1. The molecular formula is C20H16ClN3O. The first-order chi connectivity index (χ1) is 12.2. The molecule has 4 nitrogen and oxygen atoms in total. The number of anilines is 1. The molecule has 0 aliphatic carbocycles. The number of rotatable bonds is 4. The van der Waals surface area contributed by atoms with Gasteiger partial charge in [0.1, 0.15) is 0 Å². The third-order valence-electron chi connectivity index (χ3n) is 4.25. The molecule has 0 radical (unpaired) electrons. The highest BCUT2D eigenvalue weighted by molar-refractivity contribution is 6.35. The van der Waals surface area contributed by atoms with Crippen LogP contribution in [0.1, 0.15) is 6.42 Å². The molecule has 5 heteroatoms. The van der Waals surface area contributed by atoms with E-state index in [2.05, 4.69) is 10.4 Å². The van der Waals surface area contributed by atoms with Gasteiger partial charge in [0, 0.05) is 22.9 Å². The molecule has 0 atom stereocenters. The van der Waals surface area contributed by atoms with Crippen molar-refractivity contribution in [2.75, 3.05) is 5.32 Å². The minimum Gasteiger partial charge on any atom is -0.325 e. The molecule has 0 spiro atoms. The molecule has 0 saturated heterocycles. The molecule has 0 unspecified atom stereocenters. The lowest BCUT2D eigenvalue weighted by Crippen LogP contribution is -2.15. The smallest absolute Gasteiger partial charge is 0.226 e. The van der Waals surface area contributed by atoms with E-state index in [0.717, 1.165) is 27.4 Å². The van der Waals surface area contributed by atoms with Gasteiger partial charge in [-0.05, 0) is 23.6 Å². The Balaban J connectivity index is 1.49. The summed E-state index contributed by atoms with van der Waals surface area (Å²) in [5.41, 5.74) is 1.77. The summed E-state index contributed by atoms with van der Waals surface area (Å²) in [6.07, 6.45) is 2.08. The Labute approximate surface area is 150 Å². The van der Waals surface area contributed by atoms with Crippen LogP contribution in [0.25, 0.3) is 21.7 Å². The van der Waals surface area contributed by atoms with E-state index in [1.807, 2.05) is 65.3 Å². The van der Waals surface area contributed by atoms with Crippen molar-refractivity contribution in [3.8, 4) is 0 Å². The van der Waals surface area contributed by atoms with Crippen LogP contribution < -0.4 is 5.32 Å². The number of nitrogens with zero attached hydrogens (tertiary/aromatic N) is 2. The number of aryl methyl sites for hydroxylation is 1. The van der Waals surface area contributed by atoms with Crippen LogP contribution in [0.3, 0.4) is 0 Å². The number of aromatic nitrogens is 2. The second-order valence-corrected chi connectivity index (χ2v) is 6.27. The molecule has 25 heavy (non-hydrogen) atoms. The van der Waals surface area contributed by atoms with Crippen molar-refractivity contribution in [1.29, 1.82) is 0 Å². The van der Waals surface area contributed by atoms with Crippen molar-refractivity contribution in [1.82, 2.24) is 9.78 Å². The molecule has 1 N–H and O–H groups in total. The number of hydrogen-bond acceptors (Lipinski definition) is 2. The first-order valence-corrected chi connectivity index (χ1v) is 8.48. The van der Waals surface area contributed by atoms with Gasteiger partial charge in [0.05, 0.1) is 23.3 Å². The monoisotopic (exact) mass is 349 g/mol. The Kier molecular flexibility index (Phi) is 4.12. The number of benzene rings is 3. The fourth-order valence-electron chi connectivity index (χ4n) is 3.00. The fraction of sp³-hybridized carbons (Fsp3) is 0.100. The van der Waals surface area contributed by atoms with Gasteiger partial charge < -0.3 is 5.32 Å². The Hall–Kier alpha value is -2.85. The summed E-state index contributed by atoms with van der Waals surface area (Å²) in [7, 11) is 0. The van der Waals surface area contributed by atoms with Gasteiger partial charge in [0.25, 0.3) is 0 Å². The molecule has 0 aliphatic heterocycles. The van der Waals surface area contributed by atoms with E-state index in [9.17, 15) is 4.79 Å². The summed E-state index contributed by atoms with van der Waals surface area (Å²) in [6, 6.07) is 19.6. The van der Waals surface area contributed by atoms with Crippen molar-refractivity contribution >= 4 is 44.9 Å². The van der Waals surface area contributed by atoms with Crippen LogP contribution in [0.5, 0.6) is 0 Å². The Morgan fingerprint density at radius 1 is 1.00 bits per heavy atom. The molecule has 1 aromatic heterocycles. The molecule has 0 saturated carbocycles. The van der Waals surface area contributed by atoms with Crippen LogP contribution in [0.15, 0.2) is 66.9 Å². The van der Waals surface area contributed by atoms with Crippen molar-refractivity contribution in [3.05, 3.63) is 71.9 Å². The van der Waals surface area contributed by atoms with Crippen LogP contribution >= 0.6 is 11.6 Å². The van der Waals surface area contributed by atoms with Gasteiger partial charge in [-0.15, -0.1) is 0 Å². The van der Waals surface area contributed by atoms with Gasteiger partial charge >= 0.3 is 0 Å². The summed E-state index contributed by atoms with van der Waals surface area (Å²) >= 11 is 6.16. The molecule has 0 aliphatic rings. The number of hydrogen-bond donors (Lipinski definition) is 1. The largest absolute Gasteiger partial charge is 0.325 e. The average Bonchev–Trinajstić information content (AvgIpc) is 3.05. The summed E-state index contributed by atoms with van der Waals surface area (Å²) in [4.78, 5) is 12.4. The molecule has 4 aromatic rings. The summed E-state index contributed by atoms with van der Waals surface area (Å²) in [5.74, 6) is -0.0398. The molecule has 4 rings (SSSR count). The van der Waals surface area contributed by atoms with Crippen molar-refractivity contribution in [2.24, 2.45) is 0 Å². The fourth-order valence-corrected chi connectivity index (χ4v) is 3.22. The first-order valence-electron chi connectivity index (χ1n) is 8.10. The van der Waals surface area contributed by atoms with Gasteiger partial charge in [-0.2, -0.15) is 5.10 Å². The second-order valence-electron chi connectivity index (χ2n) is 5.87. The molecule has 0 bridgehead atoms. The maximum atomic E-state index is 12.4. The Morgan fingerprint density at radius 3 is 2.72 bits per heavy atom. The van der Waals surface area contributed by atoms with Crippen LogP contribution in [0, 0.1) is 0 Å². The van der Waals surface area contributed by atoms with Crippen LogP contribution in [-0.2, 0) is 11.3 Å². The van der Waals surface area contributed by atoms with Crippen LogP contribution in [-0.4, -0.2) is 15.7 Å². The minimum absolute atomic E-state index is 0.0398. The van der Waals surface area contributed by atoms with Gasteiger partial charge in [0.2, 0.25) is 5.91 Å². The Morgan fingerprint density at radius 2 is 1.80 bits per heavy atom. The van der Waals surface area contributed by atoms with E-state index in [1.54, 1.807) is 6.20 Å². The second kappa shape index (κ2) is 6.57. The first kappa shape index (κ1) is 15.7. The van der Waals surface area contributed by atoms with E-state index >= 15 is 0 Å². The molecule has 3 aromatic carbocycles. The maximum absolute atomic E-state index is 12.4. The van der Waals surface area contributed by atoms with Gasteiger partial charge in [-0.1, -0.05) is 54.1 Å². The number of fused-ring (bicyclic) bond motifs is 2. The average molecular weight is 350 g/mol. The number of carbonyl (C=O) groups excluding carboxylic acids is 1. The standard InChI is InChI=1S/C20H16ClN3O/c21-17-8-4-10-19-16(17)13-22-24(19)12-11-20(25)23-18-9-3-6-14-5-1-2-7-15(14)18/h1-10,13H,11-12H2,(H,23,25). The lowest BCUT2D eigenvalue weighted by Gasteiger charge is -2.09. The number of amides is 1. The molecular weight excluding hydrogens is 334 g/mol. The quantitative estimate of drug-likeness (QED) is 0.571. The maximum Gasteiger partial charge on any atom is 0.226 e. The highest BCUT2D eigenvalue weighted by Gasteiger charge is 2.09. The minimum atomic E-state index is -0.0398. The van der Waals surface area contributed by atoms with Crippen LogP contribution in [0.2, 0.25) is 5.02 Å². The van der Waals surface area contributed by atoms with Crippen molar-refractivity contribution < 1.29 is 4.79 Å². The molecule has 1 heterocycles. The third kappa shape index (κ3) is 3.08. The molecule has 124 valence electrons. The van der Waals surface area contributed by atoms with E-state index in [4.69, 9.17) is 11.6 Å². The van der Waals surface area contributed by atoms with Crippen molar-refractivity contribution in [2.45, 2.75) is 13.0 Å². The normalized spacial score (nSPS) is 11.1. The lowest BCUT2D eigenvalue weighted by atomic mass is 10.1. The highest BCUT2D eigenvalue weighted by atomic mass is 35.5. The summed E-state index contributed by atoms with van der Waals surface area (Å²) in [5, 5.41) is 11.1. The van der Waals surface area contributed by atoms with Crippen LogP contribution in [0.4, 0.5) is 5.69 Å². The summed E-state index contributed by atoms with van der Waals surface area (Å²) < 4.78 is 1.81. The SMILES string of the molecule is O=C(CCn1ncc2c(Cl)cccc21)Nc1cccc2ccccc12. The predicted octanol–water partition coefficient (Wildman–Crippen LogP) is 4.87. The number of carbonyl (C=O) groups is 1. The van der Waals surface area contributed by atoms with Gasteiger partial charge in [0.15, 0.2) is 0 Å².